The van der Waals surface area contributed by atoms with Crippen molar-refractivity contribution in [2.45, 2.75) is 6.18 Å². The van der Waals surface area contributed by atoms with Crippen LogP contribution in [0.15, 0.2) is 64.6 Å². The van der Waals surface area contributed by atoms with Gasteiger partial charge in [-0.3, -0.25) is 0 Å². The number of hydrogen-bond donors (Lipinski definition) is 0. The smallest absolute Gasteiger partial charge is 0.433 e. The number of benzene rings is 1. The van der Waals surface area contributed by atoms with Crippen molar-refractivity contribution in [2.24, 2.45) is 0 Å². The van der Waals surface area contributed by atoms with Crippen LogP contribution in [0.1, 0.15) is 5.69 Å². The van der Waals surface area contributed by atoms with Crippen LogP contribution in [0.5, 0.6) is 0 Å². The number of alkyl halides is 3. The van der Waals surface area contributed by atoms with E-state index in [9.17, 15) is 13.2 Å². The molecule has 0 bridgehead atoms. The van der Waals surface area contributed by atoms with Crippen molar-refractivity contribution in [1.82, 2.24) is 14.8 Å². The van der Waals surface area contributed by atoms with E-state index >= 15 is 0 Å². The Morgan fingerprint density at radius 1 is 1.00 bits per heavy atom. The first kappa shape index (κ1) is 15.6. The average molecular weight is 361 g/mol. The van der Waals surface area contributed by atoms with Gasteiger partial charge in [0.25, 0.3) is 0 Å². The molecule has 0 unspecified atom stereocenters. The van der Waals surface area contributed by atoms with E-state index in [1.165, 1.54) is 6.26 Å². The second-order valence-corrected chi connectivity index (χ2v) is 6.02. The van der Waals surface area contributed by atoms with Crippen molar-refractivity contribution in [3.05, 3.63) is 65.9 Å². The Kier molecular flexibility index (Phi) is 3.69. The molecule has 25 heavy (non-hydrogen) atoms. The summed E-state index contributed by atoms with van der Waals surface area (Å²) in [6.07, 6.45) is -3.17. The minimum Gasteiger partial charge on any atom is -0.463 e. The molecule has 0 saturated heterocycles. The van der Waals surface area contributed by atoms with E-state index in [1.807, 2.05) is 30.3 Å². The van der Waals surface area contributed by atoms with E-state index in [0.29, 0.717) is 5.69 Å². The van der Waals surface area contributed by atoms with Crippen LogP contribution in [-0.4, -0.2) is 14.8 Å². The molecule has 0 amide bonds. The highest BCUT2D eigenvalue weighted by Crippen LogP contribution is 2.35. The van der Waals surface area contributed by atoms with Crippen LogP contribution >= 0.6 is 11.3 Å². The summed E-state index contributed by atoms with van der Waals surface area (Å²) in [6, 6.07) is 13.4. The van der Waals surface area contributed by atoms with Crippen molar-refractivity contribution < 1.29 is 17.6 Å². The molecule has 4 aromatic rings. The first-order chi connectivity index (χ1) is 12.0. The molecule has 0 radical (unpaired) electrons. The molecule has 3 heterocycles. The second kappa shape index (κ2) is 5.89. The molecule has 0 aliphatic rings. The van der Waals surface area contributed by atoms with Crippen molar-refractivity contribution in [1.29, 1.82) is 0 Å². The Hall–Kier alpha value is -2.87. The van der Waals surface area contributed by atoms with Crippen LogP contribution in [0.2, 0.25) is 0 Å². The Morgan fingerprint density at radius 3 is 2.48 bits per heavy atom. The molecule has 0 atom stereocenters. The van der Waals surface area contributed by atoms with Crippen LogP contribution in [0.4, 0.5) is 13.2 Å². The number of aromatic nitrogens is 3. The summed E-state index contributed by atoms with van der Waals surface area (Å²) in [6.45, 7) is 0. The second-order valence-electron chi connectivity index (χ2n) is 5.18. The van der Waals surface area contributed by atoms with Gasteiger partial charge in [0.1, 0.15) is 5.69 Å². The Bertz CT molecular complexity index is 988. The lowest BCUT2D eigenvalue weighted by molar-refractivity contribution is -0.142. The van der Waals surface area contributed by atoms with E-state index in [1.54, 1.807) is 17.5 Å². The molecule has 0 fully saturated rings. The van der Waals surface area contributed by atoms with Gasteiger partial charge in [-0.05, 0) is 12.1 Å². The minimum absolute atomic E-state index is 0.105. The van der Waals surface area contributed by atoms with Crippen molar-refractivity contribution in [2.75, 3.05) is 0 Å². The monoisotopic (exact) mass is 361 g/mol. The van der Waals surface area contributed by atoms with Gasteiger partial charge in [-0.1, -0.05) is 30.3 Å². The van der Waals surface area contributed by atoms with Crippen LogP contribution in [0.3, 0.4) is 0 Å². The first-order valence-corrected chi connectivity index (χ1v) is 8.13. The maximum Gasteiger partial charge on any atom is 0.433 e. The summed E-state index contributed by atoms with van der Waals surface area (Å²) in [5.41, 5.74) is 0.641. The summed E-state index contributed by atoms with van der Waals surface area (Å²) in [7, 11) is 0. The topological polar surface area (TPSA) is 43.9 Å². The first-order valence-electron chi connectivity index (χ1n) is 7.25. The fraction of sp³-hybridized carbons (Fsp3) is 0.0588. The normalized spacial score (nSPS) is 11.8. The summed E-state index contributed by atoms with van der Waals surface area (Å²) < 4.78 is 46.2. The highest BCUT2D eigenvalue weighted by atomic mass is 32.1. The van der Waals surface area contributed by atoms with Crippen LogP contribution in [0, 0.1) is 0 Å². The van der Waals surface area contributed by atoms with E-state index in [0.717, 1.165) is 27.6 Å². The lowest BCUT2D eigenvalue weighted by atomic mass is 10.2. The number of halogens is 3. The average Bonchev–Trinajstić information content (AvgIpc) is 3.33. The fourth-order valence-electron chi connectivity index (χ4n) is 2.38. The standard InChI is InChI=1S/C17H10F3N3OS/c18-17(19,20)15-9-12(14-7-4-8-24-14)22-23(15)16-21-13(10-25-16)11-5-2-1-3-6-11/h1-10H. The van der Waals surface area contributed by atoms with E-state index < -0.39 is 11.9 Å². The largest absolute Gasteiger partial charge is 0.463 e. The molecule has 0 saturated carbocycles. The minimum atomic E-state index is -4.56. The molecular formula is C17H10F3N3OS. The maximum absolute atomic E-state index is 13.4. The zero-order valence-corrected chi connectivity index (χ0v) is 13.4. The molecule has 8 heteroatoms. The molecule has 4 rings (SSSR count). The molecule has 3 aromatic heterocycles. The van der Waals surface area contributed by atoms with Crippen LogP contribution in [-0.2, 0) is 6.18 Å². The number of rotatable bonds is 3. The summed E-state index contributed by atoms with van der Waals surface area (Å²) in [5.74, 6) is 0.268. The predicted molar refractivity (Wildman–Crippen MR) is 87.4 cm³/mol. The third-order valence-electron chi connectivity index (χ3n) is 3.52. The lowest BCUT2D eigenvalue weighted by Crippen LogP contribution is -2.13. The third-order valence-corrected chi connectivity index (χ3v) is 4.33. The quantitative estimate of drug-likeness (QED) is 0.499. The van der Waals surface area contributed by atoms with Gasteiger partial charge in [-0.2, -0.15) is 18.3 Å². The predicted octanol–water partition coefficient (Wildman–Crippen LogP) is 5.27. The molecule has 0 N–H and O–H groups in total. The van der Waals surface area contributed by atoms with Gasteiger partial charge in [-0.15, -0.1) is 11.3 Å². The van der Waals surface area contributed by atoms with Gasteiger partial charge in [-0.25, -0.2) is 9.67 Å². The van der Waals surface area contributed by atoms with Crippen molar-refractivity contribution in [3.63, 3.8) is 0 Å². The Morgan fingerprint density at radius 2 is 1.80 bits per heavy atom. The van der Waals surface area contributed by atoms with Gasteiger partial charge in [0.05, 0.1) is 12.0 Å². The fourth-order valence-corrected chi connectivity index (χ4v) is 3.17. The Balaban J connectivity index is 1.81. The van der Waals surface area contributed by atoms with Gasteiger partial charge in [0, 0.05) is 17.0 Å². The maximum atomic E-state index is 13.4. The van der Waals surface area contributed by atoms with Crippen LogP contribution < -0.4 is 0 Å². The van der Waals surface area contributed by atoms with Crippen molar-refractivity contribution in [3.8, 4) is 27.8 Å². The third kappa shape index (κ3) is 2.96. The van der Waals surface area contributed by atoms with E-state index in [-0.39, 0.29) is 16.6 Å². The van der Waals surface area contributed by atoms with E-state index in [4.69, 9.17) is 4.42 Å². The molecule has 126 valence electrons. The Labute approximate surface area is 144 Å². The molecule has 0 aliphatic carbocycles. The molecular weight excluding hydrogens is 351 g/mol. The lowest BCUT2D eigenvalue weighted by Gasteiger charge is -2.07. The zero-order valence-electron chi connectivity index (χ0n) is 12.6. The van der Waals surface area contributed by atoms with Gasteiger partial charge in [0.15, 0.2) is 11.5 Å². The summed E-state index contributed by atoms with van der Waals surface area (Å²) in [5, 5.41) is 5.90. The number of thiazole rings is 1. The highest BCUT2D eigenvalue weighted by Gasteiger charge is 2.37. The van der Waals surface area contributed by atoms with Gasteiger partial charge >= 0.3 is 6.18 Å². The van der Waals surface area contributed by atoms with Crippen molar-refractivity contribution >= 4 is 11.3 Å². The number of furan rings is 1. The number of nitrogens with zero attached hydrogens (tertiary/aromatic N) is 3. The highest BCUT2D eigenvalue weighted by molar-refractivity contribution is 7.12. The molecule has 1 aromatic carbocycles. The number of hydrogen-bond acceptors (Lipinski definition) is 4. The molecule has 0 aliphatic heterocycles. The van der Waals surface area contributed by atoms with Crippen LogP contribution in [0.25, 0.3) is 27.8 Å². The summed E-state index contributed by atoms with van der Waals surface area (Å²) in [4.78, 5) is 4.31. The van der Waals surface area contributed by atoms with E-state index in [2.05, 4.69) is 10.1 Å². The van der Waals surface area contributed by atoms with Gasteiger partial charge in [0.2, 0.25) is 5.13 Å². The SMILES string of the molecule is FC(F)(F)c1cc(-c2ccco2)nn1-c1nc(-c2ccccc2)cs1. The molecule has 4 nitrogen and oxygen atoms in total. The zero-order chi connectivity index (χ0) is 17.4. The molecule has 0 spiro atoms. The summed E-state index contributed by atoms with van der Waals surface area (Å²) >= 11 is 1.10. The van der Waals surface area contributed by atoms with Gasteiger partial charge < -0.3 is 4.42 Å².